The number of carboxylic acids is 2. The Balaban J connectivity index is 0.000000192. The molecular weight excluding hydrogens is 1090 g/mol. The average molecular weight is 1170 g/mol. The lowest BCUT2D eigenvalue weighted by molar-refractivity contribution is -0.945. The molecule has 20 heteroatoms. The van der Waals surface area contributed by atoms with E-state index in [2.05, 4.69) is 17.5 Å². The van der Waals surface area contributed by atoms with Gasteiger partial charge in [0.25, 0.3) is 0 Å². The number of ether oxygens (including phenoxy) is 3. The van der Waals surface area contributed by atoms with Gasteiger partial charge in [-0.3, -0.25) is 0 Å². The number of benzene rings is 3. The minimum Gasteiger partial charge on any atom is -0.542 e. The minimum atomic E-state index is -5.19. The number of para-hydroxylation sites is 1. The monoisotopic (exact) mass is 1170 g/mol. The van der Waals surface area contributed by atoms with E-state index in [1.165, 1.54) is 41.6 Å². The second kappa shape index (κ2) is 27.9. The van der Waals surface area contributed by atoms with E-state index in [0.717, 1.165) is 159 Å². The van der Waals surface area contributed by atoms with E-state index in [9.17, 15) is 46.1 Å². The number of aliphatic carboxylic acids is 2. The van der Waals surface area contributed by atoms with Gasteiger partial charge < -0.3 is 53.2 Å². The highest BCUT2D eigenvalue weighted by molar-refractivity contribution is 7.09. The van der Waals surface area contributed by atoms with Gasteiger partial charge in [-0.15, -0.1) is 11.3 Å². The normalized spacial score (nSPS) is 25.9. The van der Waals surface area contributed by atoms with Crippen LogP contribution in [0.5, 0.6) is 5.75 Å². The predicted molar refractivity (Wildman–Crippen MR) is 290 cm³/mol. The van der Waals surface area contributed by atoms with Crippen molar-refractivity contribution in [1.29, 1.82) is 0 Å². The van der Waals surface area contributed by atoms with Crippen LogP contribution < -0.4 is 14.9 Å². The van der Waals surface area contributed by atoms with Crippen molar-refractivity contribution in [3.8, 4) is 5.75 Å². The molecule has 2 aliphatic carbocycles. The van der Waals surface area contributed by atoms with Crippen molar-refractivity contribution < 1.29 is 89.1 Å². The van der Waals surface area contributed by atoms with Crippen molar-refractivity contribution in [3.05, 3.63) is 125 Å². The van der Waals surface area contributed by atoms with E-state index >= 15 is 0 Å². The maximum absolute atomic E-state index is 13.7. The molecule has 6 saturated heterocycles. The van der Waals surface area contributed by atoms with Gasteiger partial charge in [0.05, 0.1) is 59.0 Å². The molecule has 8 fully saturated rings. The smallest absolute Gasteiger partial charge is 0.430 e. The number of thiophene rings is 1. The molecule has 6 aliphatic heterocycles. The van der Waals surface area contributed by atoms with Gasteiger partial charge in [-0.2, -0.15) is 26.3 Å². The molecule has 2 saturated carbocycles. The van der Waals surface area contributed by atoms with Crippen LogP contribution in [0.3, 0.4) is 0 Å². The van der Waals surface area contributed by atoms with Crippen LogP contribution in [0.2, 0.25) is 0 Å². The molecule has 2 atom stereocenters. The first-order valence-corrected chi connectivity index (χ1v) is 29.8. The highest BCUT2D eigenvalue weighted by atomic mass is 32.1. The number of esters is 2. The third kappa shape index (κ3) is 16.4. The Labute approximate surface area is 480 Å². The summed E-state index contributed by atoms with van der Waals surface area (Å²) in [6, 6.07) is 33.4. The number of rotatable bonds is 17. The molecule has 450 valence electrons. The summed E-state index contributed by atoms with van der Waals surface area (Å²) in [5, 5.41) is 43.6. The van der Waals surface area contributed by atoms with Crippen LogP contribution in [-0.4, -0.2) is 126 Å². The first kappa shape index (κ1) is 64.0. The number of quaternary nitrogens is 2. The van der Waals surface area contributed by atoms with Crippen LogP contribution in [0.4, 0.5) is 26.3 Å². The van der Waals surface area contributed by atoms with Crippen molar-refractivity contribution in [2.75, 3.05) is 59.0 Å². The second-order valence-corrected chi connectivity index (χ2v) is 24.4. The lowest BCUT2D eigenvalue weighted by atomic mass is 9.73. The number of carbonyl (C=O) groups is 4. The fourth-order valence-electron chi connectivity index (χ4n) is 13.2. The van der Waals surface area contributed by atoms with Crippen molar-refractivity contribution in [3.63, 3.8) is 0 Å². The topological polar surface area (TPSA) is 183 Å². The molecule has 8 aliphatic rings. The summed E-state index contributed by atoms with van der Waals surface area (Å²) in [5.74, 6) is -6.04. The fraction of sp³-hybridized carbons (Fsp3) is 0.581. The van der Waals surface area contributed by atoms with E-state index < -0.39 is 53.0 Å². The summed E-state index contributed by atoms with van der Waals surface area (Å²) < 4.78 is 84.0. The molecule has 7 heterocycles. The van der Waals surface area contributed by atoms with Crippen LogP contribution in [0.15, 0.2) is 109 Å². The number of hydrogen-bond donors (Lipinski definition) is 2. The Bertz CT molecular complexity index is 2580. The largest absolute Gasteiger partial charge is 0.542 e. The summed E-state index contributed by atoms with van der Waals surface area (Å²) in [4.78, 5) is 46.5. The fourth-order valence-corrected chi connectivity index (χ4v) is 14.0. The molecule has 2 N–H and O–H groups in total. The molecule has 4 bridgehead atoms. The SMILES string of the molecule is O=C(OC12CC[N+](CCCOc3ccccc3)(CC1)CC2)[C@](O)(c1ccccc1)C1CCCCC1.O=C(OC12CC[N+](CCCc3cccs3)(CC1)CC2)[C@](O)(c1ccccc1)C1CCCCC1.O=C([O-])C(F)(F)F.O=C([O-])C(F)(F)F. The quantitative estimate of drug-likeness (QED) is 0.0445. The number of aryl methyl sites for hydroxylation is 1. The predicted octanol–water partition coefficient (Wildman–Crippen LogP) is 9.26. The van der Waals surface area contributed by atoms with E-state index in [1.807, 2.05) is 102 Å². The van der Waals surface area contributed by atoms with Crippen LogP contribution in [0, 0.1) is 11.8 Å². The Morgan fingerprint density at radius 3 is 1.22 bits per heavy atom. The van der Waals surface area contributed by atoms with Gasteiger partial charge in [-0.25, -0.2) is 9.59 Å². The summed E-state index contributed by atoms with van der Waals surface area (Å²) >= 11 is 1.86. The number of hydrogen-bond acceptors (Lipinski definition) is 12. The number of fused-ring (bicyclic) bond motifs is 6. The Morgan fingerprint density at radius 2 is 0.878 bits per heavy atom. The molecule has 0 radical (unpaired) electrons. The van der Waals surface area contributed by atoms with Gasteiger partial charge >= 0.3 is 24.3 Å². The van der Waals surface area contributed by atoms with Gasteiger partial charge in [0.15, 0.2) is 11.2 Å². The van der Waals surface area contributed by atoms with Gasteiger partial charge in [0.1, 0.15) is 28.9 Å². The lowest BCUT2D eigenvalue weighted by Gasteiger charge is -2.54. The van der Waals surface area contributed by atoms with E-state index in [0.29, 0.717) is 11.1 Å². The van der Waals surface area contributed by atoms with E-state index in [-0.39, 0.29) is 17.4 Å². The summed E-state index contributed by atoms with van der Waals surface area (Å²) in [6.07, 6.45) is 8.61. The third-order valence-corrected chi connectivity index (χ3v) is 19.1. The molecule has 1 aromatic heterocycles. The number of nitrogens with zero attached hydrogens (tertiary/aromatic N) is 2. The first-order chi connectivity index (χ1) is 39.0. The molecular formula is C62H78F6N2O11S. The highest BCUT2D eigenvalue weighted by Crippen LogP contribution is 2.47. The number of carboxylic acid groups (broad SMARTS) is 2. The number of aliphatic hydroxyl groups is 2. The van der Waals surface area contributed by atoms with Crippen LogP contribution in [0.1, 0.15) is 132 Å². The Kier molecular flexibility index (Phi) is 21.8. The van der Waals surface area contributed by atoms with Crippen LogP contribution in [-0.2, 0) is 46.3 Å². The zero-order valence-electron chi connectivity index (χ0n) is 46.5. The van der Waals surface area contributed by atoms with Gasteiger partial charge in [0.2, 0.25) is 0 Å². The second-order valence-electron chi connectivity index (χ2n) is 23.3. The average Bonchev–Trinajstić information content (AvgIpc) is 4.13. The summed E-state index contributed by atoms with van der Waals surface area (Å²) in [7, 11) is 0. The number of piperidine rings is 6. The van der Waals surface area contributed by atoms with Crippen molar-refractivity contribution >= 4 is 35.2 Å². The molecule has 0 unspecified atom stereocenters. The van der Waals surface area contributed by atoms with E-state index in [1.54, 1.807) is 0 Å². The first-order valence-electron chi connectivity index (χ1n) is 29.0. The van der Waals surface area contributed by atoms with Crippen molar-refractivity contribution in [2.45, 2.75) is 157 Å². The zero-order chi connectivity index (χ0) is 59.1. The van der Waals surface area contributed by atoms with E-state index in [4.69, 9.17) is 34.0 Å². The highest BCUT2D eigenvalue weighted by Gasteiger charge is 2.57. The number of carbonyl (C=O) groups excluding carboxylic acids is 4. The van der Waals surface area contributed by atoms with Crippen molar-refractivity contribution in [2.24, 2.45) is 11.8 Å². The van der Waals surface area contributed by atoms with Gasteiger partial charge in [-0.1, -0.05) is 123 Å². The standard InChI is InChI=1S/C30H40NO4.C28H38NO3S.2C2HF3O2/c32-28(30(33,25-11-4-1-5-12-25)26-13-6-2-7-14-26)35-29-17-21-31(22-18-29,23-19-29)20-10-24-34-27-15-8-3-9-16-27;30-26(28(31,23-9-3-1-4-10-23)24-11-5-2-6-12-24)32-27-15-19-29(20-16-27,21-17-27)18-7-13-25-14-8-22-33-25;2*3-2(4,5)1(6)7/h1,3-5,8-9,11-12,15-16,26,33H,2,6-7,10,13-14,17-24H2;1,3-4,8-10,14,22,24,31H,2,5-7,11-13,15-21H2;2*(H,6,7)/q2*+1;;/p-2/t29?,30-,31?;27?,28-,29?;;/m00../s1. The Hall–Kier alpha value is -5.54. The molecule has 3 aromatic carbocycles. The van der Waals surface area contributed by atoms with Crippen LogP contribution >= 0.6 is 11.3 Å². The molecule has 4 aromatic rings. The summed E-state index contributed by atoms with van der Waals surface area (Å²) in [5.41, 5.74) is -2.51. The maximum Gasteiger partial charge on any atom is 0.430 e. The van der Waals surface area contributed by atoms with Crippen molar-refractivity contribution in [1.82, 2.24) is 0 Å². The zero-order valence-corrected chi connectivity index (χ0v) is 47.3. The summed E-state index contributed by atoms with van der Waals surface area (Å²) in [6.45, 7) is 9.42. The van der Waals surface area contributed by atoms with Crippen LogP contribution in [0.25, 0.3) is 0 Å². The molecule has 0 spiro atoms. The molecule has 82 heavy (non-hydrogen) atoms. The Morgan fingerprint density at radius 1 is 0.524 bits per heavy atom. The molecule has 0 amide bonds. The third-order valence-electron chi connectivity index (χ3n) is 18.2. The lowest BCUT2D eigenvalue weighted by Crippen LogP contribution is -2.66. The maximum atomic E-state index is 13.7. The van der Waals surface area contributed by atoms with Gasteiger partial charge in [-0.05, 0) is 66.8 Å². The minimum absolute atomic E-state index is 0.0585. The van der Waals surface area contributed by atoms with Gasteiger partial charge in [0, 0.05) is 68.1 Å². The number of alkyl halides is 6. The molecule has 13 nitrogen and oxygen atoms in total. The number of halogens is 6. The molecule has 12 rings (SSSR count).